The van der Waals surface area contributed by atoms with Crippen molar-refractivity contribution >= 4 is 5.78 Å². The first kappa shape index (κ1) is 50.8. The smallest absolute Gasteiger partial charge is 0.188 e. The summed E-state index contributed by atoms with van der Waals surface area (Å²) in [5.74, 6) is -2.05. The molecule has 10 nitrogen and oxygen atoms in total. The molecule has 318 valence electrons. The second-order valence-electron chi connectivity index (χ2n) is 15.7. The van der Waals surface area contributed by atoms with Gasteiger partial charge in [-0.3, -0.25) is 4.79 Å². The number of hydrogen-bond acceptors (Lipinski definition) is 10. The summed E-state index contributed by atoms with van der Waals surface area (Å²) in [6.07, 6.45) is 26.5. The quantitative estimate of drug-likeness (QED) is 0.0190. The Labute approximate surface area is 329 Å². The highest BCUT2D eigenvalue weighted by Gasteiger charge is 2.46. The largest absolute Gasteiger partial charge is 0.394 e. The van der Waals surface area contributed by atoms with Crippen molar-refractivity contribution < 1.29 is 44.9 Å². The molecule has 8 N–H and O–H groups in total. The van der Waals surface area contributed by atoms with Crippen LogP contribution >= 0.6 is 0 Å². The van der Waals surface area contributed by atoms with Crippen molar-refractivity contribution in [2.75, 3.05) is 6.61 Å². The second kappa shape index (κ2) is 33.9. The van der Waals surface area contributed by atoms with Crippen LogP contribution in [0.4, 0.5) is 0 Å². The average Bonchev–Trinajstić information content (AvgIpc) is 3.16. The fourth-order valence-corrected chi connectivity index (χ4v) is 7.18. The monoisotopic (exact) mass is 770 g/mol. The molecule has 1 aliphatic rings. The Morgan fingerprint density at radius 2 is 1.06 bits per heavy atom. The highest BCUT2D eigenvalue weighted by molar-refractivity contribution is 5.86. The lowest BCUT2D eigenvalue weighted by Crippen LogP contribution is -2.61. The van der Waals surface area contributed by atoms with E-state index in [9.17, 15) is 35.4 Å². The molecule has 10 heteroatoms. The number of ketones is 1. The molecule has 1 unspecified atom stereocenters. The van der Waals surface area contributed by atoms with Gasteiger partial charge in [-0.2, -0.15) is 0 Å². The maximum Gasteiger partial charge on any atom is 0.188 e. The lowest BCUT2D eigenvalue weighted by atomic mass is 9.89. The number of hydrogen-bond donors (Lipinski definition) is 7. The van der Waals surface area contributed by atoms with Gasteiger partial charge in [0, 0.05) is 0 Å². The van der Waals surface area contributed by atoms with Crippen LogP contribution in [-0.2, 0) is 14.3 Å². The maximum atomic E-state index is 13.6. The number of ether oxygens (including phenoxy) is 2. The molecule has 1 saturated heterocycles. The van der Waals surface area contributed by atoms with Crippen LogP contribution in [0.2, 0.25) is 0 Å². The number of rotatable bonds is 36. The van der Waals surface area contributed by atoms with Crippen molar-refractivity contribution in [2.24, 2.45) is 11.7 Å². The normalized spacial score (nSPS) is 22.9. The topological polar surface area (TPSA) is 183 Å². The zero-order chi connectivity index (χ0) is 39.8. The number of aliphatic hydroxyl groups is 6. The fraction of sp³-hybridized carbons (Fsp3) is 0.886. The zero-order valence-corrected chi connectivity index (χ0v) is 34.3. The van der Waals surface area contributed by atoms with E-state index in [-0.39, 0.29) is 6.42 Å². The Balaban J connectivity index is 2.55. The minimum atomic E-state index is -1.72. The Morgan fingerprint density at radius 3 is 1.54 bits per heavy atom. The molecule has 0 spiro atoms. The van der Waals surface area contributed by atoms with Gasteiger partial charge in [-0.05, 0) is 44.9 Å². The standard InChI is InChI=1S/C44H83NO9/c1-3-5-7-9-11-13-15-17-18-19-20-21-23-24-26-28-30-32-35(47)38(43(45)54-44-42(52)41(51)40(50)37(34-46)53-44)39(49)36(48)33-31-29-27-25-22-16-14-12-10-8-6-4-2/h13,15,30,32,35-38,40-44,46-48,50-52H,3-12,14,16-29,31,33-34,45H2,1-2H3/b15-13-,32-30+/t35-,36-,37-,38-,40-,41+,42-,43?,44+/m1/s1. The third kappa shape index (κ3) is 23.1. The Bertz CT molecular complexity index is 932. The summed E-state index contributed by atoms with van der Waals surface area (Å²) in [4.78, 5) is 13.6. The summed E-state index contributed by atoms with van der Waals surface area (Å²) in [5.41, 5.74) is 6.30. The molecule has 0 amide bonds. The number of allylic oxidation sites excluding steroid dienone is 3. The Morgan fingerprint density at radius 1 is 0.630 bits per heavy atom. The number of carbonyl (C=O) groups excluding carboxylic acids is 1. The third-order valence-corrected chi connectivity index (χ3v) is 10.8. The summed E-state index contributed by atoms with van der Waals surface area (Å²) in [6.45, 7) is 3.82. The second-order valence-corrected chi connectivity index (χ2v) is 15.7. The lowest BCUT2D eigenvalue weighted by Gasteiger charge is -2.41. The van der Waals surface area contributed by atoms with Crippen LogP contribution in [0.15, 0.2) is 24.3 Å². The van der Waals surface area contributed by atoms with Gasteiger partial charge in [0.15, 0.2) is 12.1 Å². The minimum Gasteiger partial charge on any atom is -0.394 e. The Hall–Kier alpha value is -1.21. The van der Waals surface area contributed by atoms with Gasteiger partial charge in [-0.15, -0.1) is 0 Å². The molecule has 0 bridgehead atoms. The van der Waals surface area contributed by atoms with Crippen molar-refractivity contribution in [2.45, 2.75) is 236 Å². The molecule has 0 radical (unpaired) electrons. The zero-order valence-electron chi connectivity index (χ0n) is 34.3. The van der Waals surface area contributed by atoms with Crippen LogP contribution in [-0.4, -0.2) is 92.2 Å². The van der Waals surface area contributed by atoms with Crippen molar-refractivity contribution in [1.82, 2.24) is 0 Å². The molecular weight excluding hydrogens is 686 g/mol. The van der Waals surface area contributed by atoms with Crippen molar-refractivity contribution in [3.63, 3.8) is 0 Å². The van der Waals surface area contributed by atoms with E-state index in [2.05, 4.69) is 26.0 Å². The number of Topliss-reactive ketones (excluding diaryl/α,β-unsaturated/α-hetero) is 1. The first-order chi connectivity index (χ1) is 26.2. The van der Waals surface area contributed by atoms with Gasteiger partial charge < -0.3 is 45.8 Å². The molecule has 1 aliphatic heterocycles. The highest BCUT2D eigenvalue weighted by Crippen LogP contribution is 2.26. The van der Waals surface area contributed by atoms with Crippen LogP contribution in [0, 0.1) is 5.92 Å². The molecule has 0 aliphatic carbocycles. The van der Waals surface area contributed by atoms with E-state index < -0.39 is 67.4 Å². The van der Waals surface area contributed by atoms with E-state index in [0.717, 1.165) is 44.9 Å². The van der Waals surface area contributed by atoms with Crippen LogP contribution in [0.1, 0.15) is 187 Å². The SMILES string of the molecule is CCCCCC/C=C\CCCCCCCCC/C=C/[C@@H](O)[C@H](C(=O)[C@H](O)CCCCCCCCCCCCCC)C(N)O[C@@H]1O[C@H](CO)[C@@H](O)[C@H](O)[C@H]1O. The molecule has 0 aromatic rings. The molecule has 0 aromatic carbocycles. The number of nitrogens with two attached hydrogens (primary N) is 1. The van der Waals surface area contributed by atoms with E-state index >= 15 is 0 Å². The molecule has 1 heterocycles. The van der Waals surface area contributed by atoms with Crippen LogP contribution in [0.25, 0.3) is 0 Å². The summed E-state index contributed by atoms with van der Waals surface area (Å²) in [6, 6.07) is 0. The van der Waals surface area contributed by atoms with Gasteiger partial charge in [0.05, 0.1) is 18.6 Å². The lowest BCUT2D eigenvalue weighted by molar-refractivity contribution is -0.314. The van der Waals surface area contributed by atoms with Gasteiger partial charge in [0.25, 0.3) is 0 Å². The van der Waals surface area contributed by atoms with Crippen LogP contribution in [0.3, 0.4) is 0 Å². The molecule has 1 fully saturated rings. The van der Waals surface area contributed by atoms with Gasteiger partial charge >= 0.3 is 0 Å². The van der Waals surface area contributed by atoms with Gasteiger partial charge in [0.1, 0.15) is 36.7 Å². The predicted octanol–water partition coefficient (Wildman–Crippen LogP) is 7.68. The number of unbranched alkanes of at least 4 members (excludes halogenated alkanes) is 23. The maximum absolute atomic E-state index is 13.6. The van der Waals surface area contributed by atoms with E-state index in [1.54, 1.807) is 0 Å². The third-order valence-electron chi connectivity index (χ3n) is 10.8. The molecule has 54 heavy (non-hydrogen) atoms. The number of carbonyl (C=O) groups is 1. The first-order valence-electron chi connectivity index (χ1n) is 22.1. The van der Waals surface area contributed by atoms with Gasteiger partial charge in [-0.25, -0.2) is 0 Å². The van der Waals surface area contributed by atoms with E-state index in [1.165, 1.54) is 115 Å². The van der Waals surface area contributed by atoms with Crippen LogP contribution in [0.5, 0.6) is 0 Å². The summed E-state index contributed by atoms with van der Waals surface area (Å²) < 4.78 is 11.1. The van der Waals surface area contributed by atoms with E-state index in [0.29, 0.717) is 12.8 Å². The molecule has 0 aromatic heterocycles. The fourth-order valence-electron chi connectivity index (χ4n) is 7.18. The summed E-state index contributed by atoms with van der Waals surface area (Å²) >= 11 is 0. The molecule has 1 rings (SSSR count). The number of aliphatic hydroxyl groups excluding tert-OH is 6. The average molecular weight is 770 g/mol. The van der Waals surface area contributed by atoms with E-state index in [1.807, 2.05) is 6.08 Å². The highest BCUT2D eigenvalue weighted by atomic mass is 16.7. The Kier molecular flexibility index (Phi) is 31.9. The first-order valence-corrected chi connectivity index (χ1v) is 22.1. The predicted molar refractivity (Wildman–Crippen MR) is 218 cm³/mol. The van der Waals surface area contributed by atoms with Gasteiger partial charge in [-0.1, -0.05) is 167 Å². The molecule has 0 saturated carbocycles. The van der Waals surface area contributed by atoms with Crippen molar-refractivity contribution in [1.29, 1.82) is 0 Å². The van der Waals surface area contributed by atoms with Crippen molar-refractivity contribution in [3.8, 4) is 0 Å². The summed E-state index contributed by atoms with van der Waals surface area (Å²) in [5, 5.41) is 62.4. The molecular formula is C44H83NO9. The minimum absolute atomic E-state index is 0.228. The van der Waals surface area contributed by atoms with Gasteiger partial charge in [0.2, 0.25) is 0 Å². The summed E-state index contributed by atoms with van der Waals surface area (Å²) in [7, 11) is 0. The van der Waals surface area contributed by atoms with Crippen LogP contribution < -0.4 is 5.73 Å². The van der Waals surface area contributed by atoms with E-state index in [4.69, 9.17) is 15.2 Å². The van der Waals surface area contributed by atoms with Crippen molar-refractivity contribution in [3.05, 3.63) is 24.3 Å². The molecule has 9 atom stereocenters.